The summed E-state index contributed by atoms with van der Waals surface area (Å²) >= 11 is 0. The highest BCUT2D eigenvalue weighted by atomic mass is 19.3. The standard InChI is InChI=1S/C21H23F2NO3/c1-15-6-4-7-16(12-15)13-24(14-17-8-5-11-26-17)20(25)18-9-2-3-10-19(18)27-21(22)23/h2-4,6-7,9-10,12,17,21H,5,8,11,13-14H2,1H3. The van der Waals surface area contributed by atoms with E-state index in [4.69, 9.17) is 4.74 Å². The van der Waals surface area contributed by atoms with Crippen LogP contribution < -0.4 is 4.74 Å². The number of aryl methyl sites for hydroxylation is 1. The summed E-state index contributed by atoms with van der Waals surface area (Å²) < 4.78 is 35.7. The van der Waals surface area contributed by atoms with Crippen molar-refractivity contribution < 1.29 is 23.0 Å². The van der Waals surface area contributed by atoms with Crippen LogP contribution in [0.3, 0.4) is 0 Å². The molecular weight excluding hydrogens is 352 g/mol. The first-order chi connectivity index (χ1) is 13.0. The fraction of sp³-hybridized carbons (Fsp3) is 0.381. The van der Waals surface area contributed by atoms with E-state index >= 15 is 0 Å². The zero-order valence-corrected chi connectivity index (χ0v) is 15.2. The molecule has 1 atom stereocenters. The van der Waals surface area contributed by atoms with Gasteiger partial charge in [0.2, 0.25) is 0 Å². The van der Waals surface area contributed by atoms with Crippen LogP contribution in [0, 0.1) is 6.92 Å². The van der Waals surface area contributed by atoms with Gasteiger partial charge in [-0.25, -0.2) is 0 Å². The molecule has 4 nitrogen and oxygen atoms in total. The van der Waals surface area contributed by atoms with Crippen LogP contribution in [0.5, 0.6) is 5.75 Å². The van der Waals surface area contributed by atoms with Crippen molar-refractivity contribution in [3.8, 4) is 5.75 Å². The lowest BCUT2D eigenvalue weighted by Crippen LogP contribution is -2.37. The van der Waals surface area contributed by atoms with Gasteiger partial charge in [-0.15, -0.1) is 0 Å². The number of hydrogen-bond acceptors (Lipinski definition) is 3. The molecule has 1 fully saturated rings. The minimum atomic E-state index is -2.98. The van der Waals surface area contributed by atoms with Crippen molar-refractivity contribution >= 4 is 5.91 Å². The van der Waals surface area contributed by atoms with Crippen molar-refractivity contribution in [2.75, 3.05) is 13.2 Å². The van der Waals surface area contributed by atoms with E-state index in [1.165, 1.54) is 12.1 Å². The second kappa shape index (κ2) is 8.95. The first kappa shape index (κ1) is 19.3. The Labute approximate surface area is 157 Å². The number of rotatable bonds is 7. The summed E-state index contributed by atoms with van der Waals surface area (Å²) in [4.78, 5) is 14.8. The third kappa shape index (κ3) is 5.26. The topological polar surface area (TPSA) is 38.8 Å². The van der Waals surface area contributed by atoms with Crippen molar-refractivity contribution in [1.29, 1.82) is 0 Å². The van der Waals surface area contributed by atoms with Gasteiger partial charge >= 0.3 is 6.61 Å². The Bertz CT molecular complexity index is 776. The van der Waals surface area contributed by atoms with Crippen LogP contribution in [0.1, 0.15) is 34.3 Å². The van der Waals surface area contributed by atoms with Gasteiger partial charge < -0.3 is 14.4 Å². The largest absolute Gasteiger partial charge is 0.434 e. The van der Waals surface area contributed by atoms with Crippen LogP contribution in [0.25, 0.3) is 0 Å². The number of carbonyl (C=O) groups is 1. The molecule has 1 aliphatic rings. The van der Waals surface area contributed by atoms with E-state index < -0.39 is 6.61 Å². The fourth-order valence-electron chi connectivity index (χ4n) is 3.30. The molecule has 27 heavy (non-hydrogen) atoms. The fourth-order valence-corrected chi connectivity index (χ4v) is 3.30. The first-order valence-electron chi connectivity index (χ1n) is 9.03. The average Bonchev–Trinajstić information content (AvgIpc) is 3.14. The molecule has 0 saturated carbocycles. The Morgan fingerprint density at radius 2 is 2.07 bits per heavy atom. The molecule has 0 bridgehead atoms. The lowest BCUT2D eigenvalue weighted by Gasteiger charge is -2.26. The SMILES string of the molecule is Cc1cccc(CN(CC2CCCO2)C(=O)c2ccccc2OC(F)F)c1. The van der Waals surface area contributed by atoms with Crippen molar-refractivity contribution in [1.82, 2.24) is 4.90 Å². The summed E-state index contributed by atoms with van der Waals surface area (Å²) in [5.74, 6) is -0.456. The molecular formula is C21H23F2NO3. The maximum atomic E-state index is 13.2. The second-order valence-electron chi connectivity index (χ2n) is 6.68. The number of carbonyl (C=O) groups excluding carboxylic acids is 1. The van der Waals surface area contributed by atoms with Crippen LogP contribution in [0.4, 0.5) is 8.78 Å². The van der Waals surface area contributed by atoms with Crippen LogP contribution in [0.15, 0.2) is 48.5 Å². The van der Waals surface area contributed by atoms with Crippen molar-refractivity contribution in [3.05, 3.63) is 65.2 Å². The van der Waals surface area contributed by atoms with Crippen LogP contribution in [-0.4, -0.2) is 36.7 Å². The molecule has 1 aliphatic heterocycles. The molecule has 6 heteroatoms. The third-order valence-corrected chi connectivity index (χ3v) is 4.52. The zero-order valence-electron chi connectivity index (χ0n) is 15.2. The Balaban J connectivity index is 1.86. The van der Waals surface area contributed by atoms with Gasteiger partial charge in [-0.2, -0.15) is 8.78 Å². The number of hydrogen-bond donors (Lipinski definition) is 0. The average molecular weight is 375 g/mol. The minimum absolute atomic E-state index is 0.0399. The highest BCUT2D eigenvalue weighted by Crippen LogP contribution is 2.24. The summed E-state index contributed by atoms with van der Waals surface area (Å²) in [6.45, 7) is 0.477. The van der Waals surface area contributed by atoms with E-state index in [2.05, 4.69) is 4.74 Å². The molecule has 3 rings (SSSR count). The molecule has 1 unspecified atom stereocenters. The maximum absolute atomic E-state index is 13.2. The molecule has 1 heterocycles. The van der Waals surface area contributed by atoms with Gasteiger partial charge in [0, 0.05) is 19.7 Å². The van der Waals surface area contributed by atoms with E-state index in [0.717, 1.165) is 24.0 Å². The second-order valence-corrected chi connectivity index (χ2v) is 6.68. The normalized spacial score (nSPS) is 16.5. The Morgan fingerprint density at radius 1 is 1.26 bits per heavy atom. The van der Waals surface area contributed by atoms with Crippen LogP contribution in [0.2, 0.25) is 0 Å². The quantitative estimate of drug-likeness (QED) is 0.719. The number of amides is 1. The summed E-state index contributed by atoms with van der Waals surface area (Å²) in [6.07, 6.45) is 1.80. The molecule has 2 aromatic rings. The molecule has 1 saturated heterocycles. The van der Waals surface area contributed by atoms with Gasteiger partial charge in [-0.3, -0.25) is 4.79 Å². The Hall–Kier alpha value is -2.47. The van der Waals surface area contributed by atoms with E-state index in [9.17, 15) is 13.6 Å². The van der Waals surface area contributed by atoms with Crippen molar-refractivity contribution in [2.24, 2.45) is 0 Å². The molecule has 144 valence electrons. The number of halogens is 2. The monoisotopic (exact) mass is 375 g/mol. The Kier molecular flexibility index (Phi) is 6.40. The summed E-state index contributed by atoms with van der Waals surface area (Å²) in [7, 11) is 0. The van der Waals surface area contributed by atoms with E-state index in [-0.39, 0.29) is 23.3 Å². The number of alkyl halides is 2. The van der Waals surface area contributed by atoms with Gasteiger partial charge in [0.15, 0.2) is 0 Å². The highest BCUT2D eigenvalue weighted by molar-refractivity contribution is 5.97. The molecule has 0 N–H and O–H groups in total. The molecule has 2 aromatic carbocycles. The number of para-hydroxylation sites is 1. The third-order valence-electron chi connectivity index (χ3n) is 4.52. The molecule has 0 aliphatic carbocycles. The van der Waals surface area contributed by atoms with Gasteiger partial charge in [0.25, 0.3) is 5.91 Å². The van der Waals surface area contributed by atoms with Gasteiger partial charge in [-0.05, 0) is 37.5 Å². The molecule has 0 radical (unpaired) electrons. The van der Waals surface area contributed by atoms with E-state index in [1.54, 1.807) is 17.0 Å². The van der Waals surface area contributed by atoms with Gasteiger partial charge in [0.1, 0.15) is 5.75 Å². The lowest BCUT2D eigenvalue weighted by atomic mass is 10.1. The number of benzene rings is 2. The van der Waals surface area contributed by atoms with Gasteiger partial charge in [0.05, 0.1) is 11.7 Å². The summed E-state index contributed by atoms with van der Waals surface area (Å²) in [6, 6.07) is 14.0. The molecule has 1 amide bonds. The molecule has 0 aromatic heterocycles. The first-order valence-corrected chi connectivity index (χ1v) is 9.03. The van der Waals surface area contributed by atoms with Crippen molar-refractivity contribution in [3.63, 3.8) is 0 Å². The molecule has 0 spiro atoms. The van der Waals surface area contributed by atoms with Crippen LogP contribution >= 0.6 is 0 Å². The maximum Gasteiger partial charge on any atom is 0.387 e. The number of nitrogens with zero attached hydrogens (tertiary/aromatic N) is 1. The van der Waals surface area contributed by atoms with E-state index in [1.807, 2.05) is 31.2 Å². The predicted octanol–water partition coefficient (Wildman–Crippen LogP) is 4.42. The smallest absolute Gasteiger partial charge is 0.387 e. The van der Waals surface area contributed by atoms with Crippen LogP contribution in [-0.2, 0) is 11.3 Å². The van der Waals surface area contributed by atoms with E-state index in [0.29, 0.717) is 19.7 Å². The number of ether oxygens (including phenoxy) is 2. The summed E-state index contributed by atoms with van der Waals surface area (Å²) in [5.41, 5.74) is 2.20. The van der Waals surface area contributed by atoms with Gasteiger partial charge in [-0.1, -0.05) is 42.0 Å². The Morgan fingerprint density at radius 3 is 2.78 bits per heavy atom. The zero-order chi connectivity index (χ0) is 19.2. The minimum Gasteiger partial charge on any atom is -0.434 e. The predicted molar refractivity (Wildman–Crippen MR) is 98.0 cm³/mol. The summed E-state index contributed by atoms with van der Waals surface area (Å²) in [5, 5.41) is 0. The lowest BCUT2D eigenvalue weighted by molar-refractivity contribution is -0.0503. The highest BCUT2D eigenvalue weighted by Gasteiger charge is 2.26. The van der Waals surface area contributed by atoms with Crippen molar-refractivity contribution in [2.45, 2.75) is 39.0 Å².